The maximum Gasteiger partial charge on any atom is 0.291 e. The molecule has 1 aromatic rings. The Kier molecular flexibility index (Phi) is 3.04. The molecule has 0 aromatic carbocycles. The number of nitrogens with two attached hydrogens (primary N) is 1. The number of ether oxygens (including phenoxy) is 1. The van der Waals surface area contributed by atoms with Gasteiger partial charge in [0.1, 0.15) is 0 Å². The van der Waals surface area contributed by atoms with Crippen molar-refractivity contribution >= 4 is 11.9 Å². The number of carbonyl (C=O) groups is 1. The SMILES string of the molecule is COC1CCCN(C(=O)c2nc(N)n[nH]2)C1. The van der Waals surface area contributed by atoms with Gasteiger partial charge in [-0.25, -0.2) is 0 Å². The molecule has 1 aliphatic rings. The van der Waals surface area contributed by atoms with Gasteiger partial charge in [-0.15, -0.1) is 5.10 Å². The highest BCUT2D eigenvalue weighted by molar-refractivity contribution is 5.90. The van der Waals surface area contributed by atoms with Crippen LogP contribution in [0.3, 0.4) is 0 Å². The minimum atomic E-state index is -0.175. The first-order valence-corrected chi connectivity index (χ1v) is 5.20. The monoisotopic (exact) mass is 225 g/mol. The van der Waals surface area contributed by atoms with E-state index in [9.17, 15) is 4.79 Å². The van der Waals surface area contributed by atoms with Crippen LogP contribution < -0.4 is 5.73 Å². The topological polar surface area (TPSA) is 97.1 Å². The lowest BCUT2D eigenvalue weighted by Gasteiger charge is -2.31. The number of likely N-dealkylation sites (tertiary alicyclic amines) is 1. The van der Waals surface area contributed by atoms with Gasteiger partial charge in [-0.3, -0.25) is 9.89 Å². The largest absolute Gasteiger partial charge is 0.380 e. The standard InChI is InChI=1S/C9H15N5O2/c1-16-6-3-2-4-14(5-6)8(15)7-11-9(10)13-12-7/h6H,2-5H2,1H3,(H3,10,11,12,13). The lowest BCUT2D eigenvalue weighted by molar-refractivity contribution is 0.0262. The van der Waals surface area contributed by atoms with E-state index < -0.39 is 0 Å². The van der Waals surface area contributed by atoms with Crippen molar-refractivity contribution in [2.24, 2.45) is 0 Å². The number of piperidine rings is 1. The maximum absolute atomic E-state index is 12.0. The molecule has 1 atom stereocenters. The van der Waals surface area contributed by atoms with E-state index in [0.717, 1.165) is 19.4 Å². The third-order valence-corrected chi connectivity index (χ3v) is 2.70. The van der Waals surface area contributed by atoms with Crippen LogP contribution in [0.2, 0.25) is 0 Å². The molecule has 1 aromatic heterocycles. The van der Waals surface area contributed by atoms with Crippen molar-refractivity contribution in [3.8, 4) is 0 Å². The summed E-state index contributed by atoms with van der Waals surface area (Å²) in [6, 6.07) is 0. The first-order valence-electron chi connectivity index (χ1n) is 5.20. The van der Waals surface area contributed by atoms with Crippen LogP contribution in [0.5, 0.6) is 0 Å². The Labute approximate surface area is 93.0 Å². The summed E-state index contributed by atoms with van der Waals surface area (Å²) in [5.74, 6) is 0.101. The number of hydrogen-bond acceptors (Lipinski definition) is 5. The lowest BCUT2D eigenvalue weighted by Crippen LogP contribution is -2.43. The number of carbonyl (C=O) groups excluding carboxylic acids is 1. The third-order valence-electron chi connectivity index (χ3n) is 2.70. The molecule has 0 saturated carbocycles. The first-order chi connectivity index (χ1) is 7.70. The van der Waals surface area contributed by atoms with E-state index in [2.05, 4.69) is 15.2 Å². The molecule has 0 bridgehead atoms. The summed E-state index contributed by atoms with van der Waals surface area (Å²) in [7, 11) is 1.66. The summed E-state index contributed by atoms with van der Waals surface area (Å²) in [6.45, 7) is 1.31. The normalized spacial score (nSPS) is 21.1. The number of nitrogens with zero attached hydrogens (tertiary/aromatic N) is 3. The second-order valence-corrected chi connectivity index (χ2v) is 3.79. The number of amides is 1. The number of aromatic amines is 1. The number of nitrogens with one attached hydrogen (secondary N) is 1. The summed E-state index contributed by atoms with van der Waals surface area (Å²) < 4.78 is 5.25. The molecule has 1 saturated heterocycles. The van der Waals surface area contributed by atoms with E-state index >= 15 is 0 Å². The predicted molar refractivity (Wildman–Crippen MR) is 56.7 cm³/mol. The van der Waals surface area contributed by atoms with Crippen LogP contribution in [0.1, 0.15) is 23.5 Å². The van der Waals surface area contributed by atoms with Gasteiger partial charge in [-0.05, 0) is 12.8 Å². The molecule has 7 nitrogen and oxygen atoms in total. The van der Waals surface area contributed by atoms with Gasteiger partial charge in [0.2, 0.25) is 11.8 Å². The Morgan fingerprint density at radius 3 is 3.12 bits per heavy atom. The maximum atomic E-state index is 12.0. The van der Waals surface area contributed by atoms with Crippen molar-refractivity contribution in [1.82, 2.24) is 20.1 Å². The van der Waals surface area contributed by atoms with Crippen LogP contribution in [-0.4, -0.2) is 52.3 Å². The molecule has 2 heterocycles. The Morgan fingerprint density at radius 1 is 1.69 bits per heavy atom. The van der Waals surface area contributed by atoms with Gasteiger partial charge in [-0.2, -0.15) is 4.98 Å². The van der Waals surface area contributed by atoms with Crippen molar-refractivity contribution in [2.75, 3.05) is 25.9 Å². The van der Waals surface area contributed by atoms with Crippen LogP contribution in [0, 0.1) is 0 Å². The number of anilines is 1. The van der Waals surface area contributed by atoms with Crippen LogP contribution >= 0.6 is 0 Å². The Balaban J connectivity index is 2.04. The van der Waals surface area contributed by atoms with Crippen LogP contribution in [-0.2, 0) is 4.74 Å². The summed E-state index contributed by atoms with van der Waals surface area (Å²) in [5.41, 5.74) is 5.35. The molecule has 1 amide bonds. The molecule has 16 heavy (non-hydrogen) atoms. The third kappa shape index (κ3) is 2.13. The zero-order chi connectivity index (χ0) is 11.5. The number of aromatic nitrogens is 3. The van der Waals surface area contributed by atoms with E-state index in [1.54, 1.807) is 12.0 Å². The van der Waals surface area contributed by atoms with Crippen molar-refractivity contribution in [3.63, 3.8) is 0 Å². The number of methoxy groups -OCH3 is 1. The molecule has 0 aliphatic carbocycles. The second kappa shape index (κ2) is 4.48. The van der Waals surface area contributed by atoms with E-state index in [0.29, 0.717) is 6.54 Å². The van der Waals surface area contributed by atoms with Crippen LogP contribution in [0.25, 0.3) is 0 Å². The second-order valence-electron chi connectivity index (χ2n) is 3.79. The van der Waals surface area contributed by atoms with Gasteiger partial charge >= 0.3 is 0 Å². The quantitative estimate of drug-likeness (QED) is 0.716. The smallest absolute Gasteiger partial charge is 0.291 e. The number of hydrogen-bond donors (Lipinski definition) is 2. The highest BCUT2D eigenvalue weighted by Gasteiger charge is 2.26. The Morgan fingerprint density at radius 2 is 2.50 bits per heavy atom. The fourth-order valence-corrected chi connectivity index (χ4v) is 1.84. The lowest BCUT2D eigenvalue weighted by atomic mass is 10.1. The van der Waals surface area contributed by atoms with Crippen LogP contribution in [0.4, 0.5) is 5.95 Å². The van der Waals surface area contributed by atoms with Gasteiger partial charge in [0.05, 0.1) is 6.10 Å². The molecule has 3 N–H and O–H groups in total. The van der Waals surface area contributed by atoms with Gasteiger partial charge in [0.15, 0.2) is 0 Å². The van der Waals surface area contributed by atoms with E-state index in [1.807, 2.05) is 0 Å². The molecular formula is C9H15N5O2. The average molecular weight is 225 g/mol. The summed E-state index contributed by atoms with van der Waals surface area (Å²) in [5, 5.41) is 6.15. The predicted octanol–water partition coefficient (Wildman–Crippen LogP) is -0.362. The minimum absolute atomic E-state index is 0.0867. The van der Waals surface area contributed by atoms with E-state index in [4.69, 9.17) is 10.5 Å². The summed E-state index contributed by atoms with van der Waals surface area (Å²) in [4.78, 5) is 17.5. The fourth-order valence-electron chi connectivity index (χ4n) is 1.84. The Bertz CT molecular complexity index is 378. The number of nitrogen functional groups attached to an aromatic ring is 1. The van der Waals surface area contributed by atoms with Gasteiger partial charge in [0.25, 0.3) is 5.91 Å². The first kappa shape index (κ1) is 10.9. The molecule has 0 spiro atoms. The van der Waals surface area contributed by atoms with Gasteiger partial charge in [-0.1, -0.05) is 0 Å². The van der Waals surface area contributed by atoms with Crippen molar-refractivity contribution in [1.29, 1.82) is 0 Å². The highest BCUT2D eigenvalue weighted by atomic mass is 16.5. The molecule has 0 radical (unpaired) electrons. The molecule has 7 heteroatoms. The van der Waals surface area contributed by atoms with Crippen LogP contribution in [0.15, 0.2) is 0 Å². The van der Waals surface area contributed by atoms with Crippen molar-refractivity contribution in [2.45, 2.75) is 18.9 Å². The van der Waals surface area contributed by atoms with Gasteiger partial charge in [0, 0.05) is 20.2 Å². The van der Waals surface area contributed by atoms with Gasteiger partial charge < -0.3 is 15.4 Å². The zero-order valence-corrected chi connectivity index (χ0v) is 9.14. The molecule has 88 valence electrons. The fraction of sp³-hybridized carbons (Fsp3) is 0.667. The molecule has 2 rings (SSSR count). The number of rotatable bonds is 2. The molecular weight excluding hydrogens is 210 g/mol. The minimum Gasteiger partial charge on any atom is -0.380 e. The Hall–Kier alpha value is -1.63. The highest BCUT2D eigenvalue weighted by Crippen LogP contribution is 2.14. The average Bonchev–Trinajstić information content (AvgIpc) is 2.75. The zero-order valence-electron chi connectivity index (χ0n) is 9.14. The molecule has 1 aliphatic heterocycles. The summed E-state index contributed by atoms with van der Waals surface area (Å²) in [6.07, 6.45) is 2.03. The van der Waals surface area contributed by atoms with E-state index in [1.165, 1.54) is 0 Å². The van der Waals surface area contributed by atoms with Crippen molar-refractivity contribution in [3.05, 3.63) is 5.82 Å². The van der Waals surface area contributed by atoms with Crippen molar-refractivity contribution < 1.29 is 9.53 Å². The number of H-pyrrole nitrogens is 1. The molecule has 1 unspecified atom stereocenters. The summed E-state index contributed by atoms with van der Waals surface area (Å²) >= 11 is 0. The van der Waals surface area contributed by atoms with E-state index in [-0.39, 0.29) is 23.8 Å². The molecule has 1 fully saturated rings.